The fourth-order valence-corrected chi connectivity index (χ4v) is 3.83. The number of rotatable bonds is 5. The zero-order valence-corrected chi connectivity index (χ0v) is 15.8. The average molecular weight is 396 g/mol. The molecule has 0 bridgehead atoms. The van der Waals surface area contributed by atoms with Gasteiger partial charge in [0.05, 0.1) is 12.9 Å². The third kappa shape index (κ3) is 3.17. The molecule has 2 aliphatic rings. The molecule has 2 aliphatic heterocycles. The molecule has 4 heterocycles. The third-order valence-corrected chi connectivity index (χ3v) is 5.22. The van der Waals surface area contributed by atoms with Gasteiger partial charge in [-0.25, -0.2) is 9.37 Å². The molecule has 2 aromatic rings. The van der Waals surface area contributed by atoms with Gasteiger partial charge in [-0.2, -0.15) is 9.97 Å². The second-order valence-electron chi connectivity index (χ2n) is 7.22. The lowest BCUT2D eigenvalue weighted by Gasteiger charge is -2.32. The number of ether oxygens (including phenoxy) is 3. The van der Waals surface area contributed by atoms with Gasteiger partial charge in [-0.15, -0.1) is 0 Å². The molecule has 5 atom stereocenters. The first-order chi connectivity index (χ1) is 13.5. The number of hydrogen-bond acceptors (Lipinski definition) is 9. The van der Waals surface area contributed by atoms with E-state index >= 15 is 4.39 Å². The van der Waals surface area contributed by atoms with E-state index in [4.69, 9.17) is 19.9 Å². The SMILES string of the molecule is CNc1nc(N)nc2c1ncn2[C@@H]1O[C@H](CO)[C@@H](OC2CCCCO2)[C@@]1(C)F. The average Bonchev–Trinajstić information content (AvgIpc) is 3.20. The molecular formula is C17H25FN6O4. The number of nitrogens with two attached hydrogens (primary N) is 1. The van der Waals surface area contributed by atoms with Gasteiger partial charge in [0.15, 0.2) is 35.2 Å². The van der Waals surface area contributed by atoms with Crippen LogP contribution < -0.4 is 11.1 Å². The summed E-state index contributed by atoms with van der Waals surface area (Å²) in [6, 6.07) is 0. The number of anilines is 2. The topological polar surface area (TPSA) is 130 Å². The van der Waals surface area contributed by atoms with E-state index in [9.17, 15) is 5.11 Å². The minimum atomic E-state index is -1.97. The summed E-state index contributed by atoms with van der Waals surface area (Å²) >= 11 is 0. The Kier molecular flexibility index (Phi) is 5.08. The molecule has 4 rings (SSSR count). The van der Waals surface area contributed by atoms with Crippen LogP contribution in [0.25, 0.3) is 11.2 Å². The van der Waals surface area contributed by atoms with Gasteiger partial charge in [0.1, 0.15) is 12.2 Å². The molecule has 1 unspecified atom stereocenters. The molecule has 0 saturated carbocycles. The highest BCUT2D eigenvalue weighted by molar-refractivity contribution is 5.84. The summed E-state index contributed by atoms with van der Waals surface area (Å²) in [5.41, 5.74) is 4.58. The summed E-state index contributed by atoms with van der Waals surface area (Å²) in [5.74, 6) is 0.459. The number of aliphatic hydroxyl groups excluding tert-OH is 1. The monoisotopic (exact) mass is 396 g/mol. The van der Waals surface area contributed by atoms with E-state index in [1.165, 1.54) is 17.8 Å². The Hall–Kier alpha value is -2.08. The molecule has 28 heavy (non-hydrogen) atoms. The number of imidazole rings is 1. The standard InChI is InChI=1S/C17H25FN6O4/c1-17(18)12(28-10-5-3-4-6-26-10)9(7-25)27-15(17)24-8-21-11-13(20-2)22-16(19)23-14(11)24/h8-10,12,15,25H,3-7H2,1-2H3,(H3,19,20,22,23)/t9-,10?,12-,15-,17-/m1/s1. The maximum absolute atomic E-state index is 16.0. The second kappa shape index (κ2) is 7.39. The highest BCUT2D eigenvalue weighted by atomic mass is 19.1. The number of fused-ring (bicyclic) bond motifs is 1. The summed E-state index contributed by atoms with van der Waals surface area (Å²) in [5, 5.41) is 12.7. The minimum absolute atomic E-state index is 0.0271. The molecule has 0 amide bonds. The van der Waals surface area contributed by atoms with Crippen molar-refractivity contribution in [2.75, 3.05) is 31.3 Å². The molecule has 2 fully saturated rings. The van der Waals surface area contributed by atoms with Crippen LogP contribution in [0.5, 0.6) is 0 Å². The maximum Gasteiger partial charge on any atom is 0.224 e. The number of halogens is 1. The van der Waals surface area contributed by atoms with E-state index in [0.717, 1.165) is 12.8 Å². The molecule has 11 heteroatoms. The Morgan fingerprint density at radius 2 is 2.29 bits per heavy atom. The summed E-state index contributed by atoms with van der Waals surface area (Å²) in [6.07, 6.45) is 0.520. The molecule has 0 spiro atoms. The molecular weight excluding hydrogens is 371 g/mol. The summed E-state index contributed by atoms with van der Waals surface area (Å²) < 4.78 is 34.7. The Labute approximate surface area is 161 Å². The van der Waals surface area contributed by atoms with Crippen molar-refractivity contribution in [2.45, 2.75) is 56.6 Å². The number of hydrogen-bond donors (Lipinski definition) is 3. The van der Waals surface area contributed by atoms with E-state index < -0.39 is 30.4 Å². The number of nitrogen functional groups attached to an aromatic ring is 1. The van der Waals surface area contributed by atoms with Crippen LogP contribution in [0, 0.1) is 0 Å². The first-order valence-corrected chi connectivity index (χ1v) is 9.35. The van der Waals surface area contributed by atoms with E-state index in [2.05, 4.69) is 20.3 Å². The molecule has 0 aromatic carbocycles. The zero-order valence-electron chi connectivity index (χ0n) is 15.8. The van der Waals surface area contributed by atoms with Crippen LogP contribution in [0.15, 0.2) is 6.33 Å². The van der Waals surface area contributed by atoms with Gasteiger partial charge in [-0.05, 0) is 26.2 Å². The van der Waals surface area contributed by atoms with Crippen molar-refractivity contribution in [3.63, 3.8) is 0 Å². The zero-order chi connectivity index (χ0) is 19.9. The van der Waals surface area contributed by atoms with Crippen molar-refractivity contribution in [2.24, 2.45) is 0 Å². The number of nitrogens with zero attached hydrogens (tertiary/aromatic N) is 4. The number of nitrogens with one attached hydrogen (secondary N) is 1. The fraction of sp³-hybridized carbons (Fsp3) is 0.706. The van der Waals surface area contributed by atoms with Crippen molar-refractivity contribution in [1.82, 2.24) is 19.5 Å². The summed E-state index contributed by atoms with van der Waals surface area (Å²) in [4.78, 5) is 12.6. The minimum Gasteiger partial charge on any atom is -0.394 e. The van der Waals surface area contributed by atoms with Crippen LogP contribution in [0.3, 0.4) is 0 Å². The van der Waals surface area contributed by atoms with Crippen molar-refractivity contribution >= 4 is 22.9 Å². The number of aliphatic hydroxyl groups is 1. The van der Waals surface area contributed by atoms with Crippen molar-refractivity contribution in [3.05, 3.63) is 6.33 Å². The lowest BCUT2D eigenvalue weighted by molar-refractivity contribution is -0.215. The summed E-state index contributed by atoms with van der Waals surface area (Å²) in [7, 11) is 1.68. The quantitative estimate of drug-likeness (QED) is 0.677. The molecule has 154 valence electrons. The normalized spacial score (nSPS) is 33.4. The molecule has 4 N–H and O–H groups in total. The fourth-order valence-electron chi connectivity index (χ4n) is 3.83. The second-order valence-corrected chi connectivity index (χ2v) is 7.22. The van der Waals surface area contributed by atoms with E-state index in [1.54, 1.807) is 7.05 Å². The van der Waals surface area contributed by atoms with Crippen molar-refractivity contribution < 1.29 is 23.7 Å². The van der Waals surface area contributed by atoms with Crippen molar-refractivity contribution in [3.8, 4) is 0 Å². The van der Waals surface area contributed by atoms with Gasteiger partial charge in [-0.1, -0.05) is 0 Å². The van der Waals surface area contributed by atoms with Crippen LogP contribution in [0.2, 0.25) is 0 Å². The van der Waals surface area contributed by atoms with Crippen LogP contribution in [0.4, 0.5) is 16.2 Å². The number of aromatic nitrogens is 4. The molecule has 2 saturated heterocycles. The molecule has 0 aliphatic carbocycles. The molecule has 10 nitrogen and oxygen atoms in total. The van der Waals surface area contributed by atoms with Gasteiger partial charge >= 0.3 is 0 Å². The first-order valence-electron chi connectivity index (χ1n) is 9.35. The third-order valence-electron chi connectivity index (χ3n) is 5.22. The first kappa shape index (κ1) is 19.2. The predicted octanol–water partition coefficient (Wildman–Crippen LogP) is 0.980. The van der Waals surface area contributed by atoms with E-state index in [1.807, 2.05) is 0 Å². The van der Waals surface area contributed by atoms with Gasteiger partial charge in [0.2, 0.25) is 5.95 Å². The van der Waals surface area contributed by atoms with Crippen LogP contribution in [-0.4, -0.2) is 69.1 Å². The van der Waals surface area contributed by atoms with Gasteiger partial charge < -0.3 is 30.4 Å². The van der Waals surface area contributed by atoms with Gasteiger partial charge in [-0.3, -0.25) is 4.57 Å². The Morgan fingerprint density at radius 3 is 2.96 bits per heavy atom. The largest absolute Gasteiger partial charge is 0.394 e. The highest BCUT2D eigenvalue weighted by Gasteiger charge is 2.57. The predicted molar refractivity (Wildman–Crippen MR) is 98.3 cm³/mol. The number of alkyl halides is 1. The summed E-state index contributed by atoms with van der Waals surface area (Å²) in [6.45, 7) is 1.57. The Bertz CT molecular complexity index is 840. The Morgan fingerprint density at radius 1 is 1.46 bits per heavy atom. The lowest BCUT2D eigenvalue weighted by Crippen LogP contribution is -2.45. The maximum atomic E-state index is 16.0. The van der Waals surface area contributed by atoms with Gasteiger partial charge in [0.25, 0.3) is 0 Å². The van der Waals surface area contributed by atoms with Crippen LogP contribution in [-0.2, 0) is 14.2 Å². The van der Waals surface area contributed by atoms with Crippen LogP contribution in [0.1, 0.15) is 32.4 Å². The van der Waals surface area contributed by atoms with E-state index in [-0.39, 0.29) is 12.6 Å². The smallest absolute Gasteiger partial charge is 0.224 e. The Balaban J connectivity index is 1.68. The highest BCUT2D eigenvalue weighted by Crippen LogP contribution is 2.45. The van der Waals surface area contributed by atoms with Crippen LogP contribution >= 0.6 is 0 Å². The lowest BCUT2D eigenvalue weighted by atomic mass is 9.98. The molecule has 2 aromatic heterocycles. The van der Waals surface area contributed by atoms with Crippen molar-refractivity contribution in [1.29, 1.82) is 0 Å². The van der Waals surface area contributed by atoms with E-state index in [0.29, 0.717) is 30.0 Å². The van der Waals surface area contributed by atoms with Gasteiger partial charge in [0, 0.05) is 13.7 Å². The molecule has 0 radical (unpaired) electrons.